The second-order valence-corrected chi connectivity index (χ2v) is 5.92. The molecule has 0 spiro atoms. The lowest BCUT2D eigenvalue weighted by atomic mass is 10.1. The number of carbonyl (C=O) groups is 1. The number of nitrogens with zero attached hydrogens (tertiary/aromatic N) is 1. The van der Waals surface area contributed by atoms with E-state index in [4.69, 9.17) is 4.74 Å². The van der Waals surface area contributed by atoms with E-state index >= 15 is 0 Å². The van der Waals surface area contributed by atoms with Crippen LogP contribution in [-0.4, -0.2) is 30.4 Å². The summed E-state index contributed by atoms with van der Waals surface area (Å²) < 4.78 is 46.6. The third-order valence-corrected chi connectivity index (χ3v) is 3.70. The van der Waals surface area contributed by atoms with Gasteiger partial charge in [-0.05, 0) is 37.6 Å². The van der Waals surface area contributed by atoms with Crippen molar-refractivity contribution in [2.24, 2.45) is 0 Å². The number of rotatable bonds is 8. The Morgan fingerprint density at radius 3 is 2.54 bits per heavy atom. The number of halogens is 3. The van der Waals surface area contributed by atoms with Gasteiger partial charge in [-0.1, -0.05) is 18.2 Å². The van der Waals surface area contributed by atoms with E-state index in [1.54, 1.807) is 37.4 Å². The summed E-state index contributed by atoms with van der Waals surface area (Å²) in [6, 6.07) is 8.88. The van der Waals surface area contributed by atoms with Gasteiger partial charge in [-0.15, -0.1) is 0 Å². The molecule has 0 aliphatic rings. The number of ether oxygens (including phenoxy) is 2. The lowest BCUT2D eigenvalue weighted by Crippen LogP contribution is -2.36. The highest BCUT2D eigenvalue weighted by atomic mass is 19.4. The maximum absolute atomic E-state index is 12.2. The van der Waals surface area contributed by atoms with Gasteiger partial charge in [-0.2, -0.15) is 13.2 Å². The maximum atomic E-state index is 12.2. The first-order valence-corrected chi connectivity index (χ1v) is 8.69. The monoisotopic (exact) mass is 397 g/mol. The molecule has 2 aromatic rings. The van der Waals surface area contributed by atoms with Crippen molar-refractivity contribution in [1.82, 2.24) is 15.6 Å². The number of pyridine rings is 1. The predicted octanol–water partition coefficient (Wildman–Crippen LogP) is 3.98. The van der Waals surface area contributed by atoms with E-state index < -0.39 is 18.8 Å². The molecule has 1 atom stereocenters. The van der Waals surface area contributed by atoms with Crippen LogP contribution >= 0.6 is 0 Å². The van der Waals surface area contributed by atoms with Crippen molar-refractivity contribution in [1.29, 1.82) is 0 Å². The smallest absolute Gasteiger partial charge is 0.422 e. The minimum Gasteiger partial charge on any atom is -0.484 e. The number of alkyl halides is 3. The Morgan fingerprint density at radius 1 is 1.18 bits per heavy atom. The number of hydrogen-bond acceptors (Lipinski definition) is 4. The van der Waals surface area contributed by atoms with Crippen molar-refractivity contribution in [2.75, 3.05) is 13.2 Å². The van der Waals surface area contributed by atoms with Gasteiger partial charge >= 0.3 is 12.2 Å². The fourth-order valence-electron chi connectivity index (χ4n) is 2.35. The van der Waals surface area contributed by atoms with Crippen LogP contribution in [0.5, 0.6) is 11.6 Å². The Kier molecular flexibility index (Phi) is 7.48. The van der Waals surface area contributed by atoms with E-state index in [1.165, 1.54) is 12.1 Å². The van der Waals surface area contributed by atoms with Gasteiger partial charge in [0.05, 0.1) is 12.6 Å². The van der Waals surface area contributed by atoms with Crippen molar-refractivity contribution in [3.05, 3.63) is 53.7 Å². The normalized spacial score (nSPS) is 12.2. The van der Waals surface area contributed by atoms with Crippen LogP contribution in [0.3, 0.4) is 0 Å². The third-order valence-electron chi connectivity index (χ3n) is 3.70. The summed E-state index contributed by atoms with van der Waals surface area (Å²) >= 11 is 0. The molecule has 2 rings (SSSR count). The van der Waals surface area contributed by atoms with E-state index in [2.05, 4.69) is 20.4 Å². The molecule has 9 heteroatoms. The van der Waals surface area contributed by atoms with Crippen LogP contribution in [-0.2, 0) is 6.54 Å². The molecular weight excluding hydrogens is 375 g/mol. The Morgan fingerprint density at radius 2 is 1.89 bits per heavy atom. The maximum Gasteiger partial charge on any atom is 0.422 e. The number of benzene rings is 1. The van der Waals surface area contributed by atoms with Crippen LogP contribution in [0.2, 0.25) is 0 Å². The Labute approximate surface area is 161 Å². The van der Waals surface area contributed by atoms with Gasteiger partial charge < -0.3 is 20.1 Å². The molecule has 1 aromatic carbocycles. The second-order valence-electron chi connectivity index (χ2n) is 5.92. The highest BCUT2D eigenvalue weighted by Crippen LogP contribution is 2.21. The minimum absolute atomic E-state index is 0.109. The average molecular weight is 397 g/mol. The molecule has 28 heavy (non-hydrogen) atoms. The summed E-state index contributed by atoms with van der Waals surface area (Å²) in [5, 5.41) is 5.49. The molecule has 1 aromatic heterocycles. The van der Waals surface area contributed by atoms with E-state index in [0.717, 1.165) is 11.1 Å². The summed E-state index contributed by atoms with van der Waals surface area (Å²) in [6.07, 6.45) is -2.78. The van der Waals surface area contributed by atoms with Crippen molar-refractivity contribution in [2.45, 2.75) is 32.6 Å². The SMILES string of the molecule is CCOc1ncccc1CNC(=O)NC(C)c1ccc(OCC(F)(F)F)cc1. The fourth-order valence-corrected chi connectivity index (χ4v) is 2.35. The van der Waals surface area contributed by atoms with Crippen LogP contribution in [0.15, 0.2) is 42.6 Å². The zero-order valence-corrected chi connectivity index (χ0v) is 15.5. The predicted molar refractivity (Wildman–Crippen MR) is 97.2 cm³/mol. The molecule has 1 unspecified atom stereocenters. The Bertz CT molecular complexity index is 767. The average Bonchev–Trinajstić information content (AvgIpc) is 2.66. The highest BCUT2D eigenvalue weighted by Gasteiger charge is 2.28. The number of urea groups is 1. The van der Waals surface area contributed by atoms with Crippen molar-refractivity contribution in [3.8, 4) is 11.6 Å². The molecule has 152 valence electrons. The van der Waals surface area contributed by atoms with Gasteiger partial charge in [0.15, 0.2) is 6.61 Å². The van der Waals surface area contributed by atoms with Gasteiger partial charge in [0, 0.05) is 18.3 Å². The third kappa shape index (κ3) is 6.98. The van der Waals surface area contributed by atoms with E-state index in [9.17, 15) is 18.0 Å². The molecule has 0 saturated carbocycles. The van der Waals surface area contributed by atoms with E-state index in [0.29, 0.717) is 12.5 Å². The quantitative estimate of drug-likeness (QED) is 0.707. The number of nitrogens with one attached hydrogen (secondary N) is 2. The van der Waals surface area contributed by atoms with Crippen LogP contribution < -0.4 is 20.1 Å². The van der Waals surface area contributed by atoms with Crippen molar-refractivity contribution in [3.63, 3.8) is 0 Å². The van der Waals surface area contributed by atoms with Gasteiger partial charge in [0.2, 0.25) is 5.88 Å². The van der Waals surface area contributed by atoms with E-state index in [1.807, 2.05) is 6.92 Å². The van der Waals surface area contributed by atoms with E-state index in [-0.39, 0.29) is 18.3 Å². The van der Waals surface area contributed by atoms with Crippen LogP contribution in [0, 0.1) is 0 Å². The molecule has 6 nitrogen and oxygen atoms in total. The molecule has 1 heterocycles. The Balaban J connectivity index is 1.85. The molecule has 0 aliphatic heterocycles. The van der Waals surface area contributed by atoms with Gasteiger partial charge in [0.25, 0.3) is 0 Å². The molecular formula is C19H22F3N3O3. The summed E-state index contributed by atoms with van der Waals surface area (Å²) in [5.74, 6) is 0.575. The lowest BCUT2D eigenvalue weighted by molar-refractivity contribution is -0.153. The summed E-state index contributed by atoms with van der Waals surface area (Å²) in [6.45, 7) is 2.98. The minimum atomic E-state index is -4.39. The molecule has 0 fully saturated rings. The highest BCUT2D eigenvalue weighted by molar-refractivity contribution is 5.74. The summed E-state index contributed by atoms with van der Waals surface area (Å²) in [5.41, 5.74) is 1.48. The van der Waals surface area contributed by atoms with Gasteiger partial charge in [-0.25, -0.2) is 9.78 Å². The van der Waals surface area contributed by atoms with Crippen molar-refractivity contribution < 1.29 is 27.4 Å². The fraction of sp³-hybridized carbons (Fsp3) is 0.368. The standard InChI is InChI=1S/C19H22F3N3O3/c1-3-27-17-15(5-4-10-23-17)11-24-18(26)25-13(2)14-6-8-16(9-7-14)28-12-19(20,21)22/h4-10,13H,3,11-12H2,1-2H3,(H2,24,25,26). The zero-order valence-electron chi connectivity index (χ0n) is 15.5. The number of carbonyl (C=O) groups excluding carboxylic acids is 1. The Hall–Kier alpha value is -2.97. The van der Waals surface area contributed by atoms with Crippen molar-refractivity contribution >= 4 is 6.03 Å². The van der Waals surface area contributed by atoms with Gasteiger partial charge in [0.1, 0.15) is 5.75 Å². The second kappa shape index (κ2) is 9.82. The lowest BCUT2D eigenvalue weighted by Gasteiger charge is -2.16. The summed E-state index contributed by atoms with van der Waals surface area (Å²) in [7, 11) is 0. The first-order valence-electron chi connectivity index (χ1n) is 8.69. The van der Waals surface area contributed by atoms with Crippen LogP contribution in [0.25, 0.3) is 0 Å². The molecule has 0 radical (unpaired) electrons. The molecule has 0 aliphatic carbocycles. The number of amides is 2. The molecule has 0 saturated heterocycles. The number of hydrogen-bond donors (Lipinski definition) is 2. The first kappa shape index (κ1) is 21.3. The zero-order chi connectivity index (χ0) is 20.6. The first-order chi connectivity index (χ1) is 13.3. The van der Waals surface area contributed by atoms with Crippen LogP contribution in [0.4, 0.5) is 18.0 Å². The van der Waals surface area contributed by atoms with Gasteiger partial charge in [-0.3, -0.25) is 0 Å². The molecule has 2 amide bonds. The topological polar surface area (TPSA) is 72.5 Å². The molecule has 0 bridgehead atoms. The van der Waals surface area contributed by atoms with Crippen LogP contribution in [0.1, 0.15) is 31.0 Å². The molecule has 2 N–H and O–H groups in total. The number of aromatic nitrogens is 1. The summed E-state index contributed by atoms with van der Waals surface area (Å²) in [4.78, 5) is 16.2. The largest absolute Gasteiger partial charge is 0.484 e.